The first-order chi connectivity index (χ1) is 16.3. The van der Waals surface area contributed by atoms with Crippen LogP contribution in [0.1, 0.15) is 168 Å². The SMILES string of the molecule is CCCCC1C(CCC)C(C2CCCCCCCCCC2)=NN1C1CCCCCCCCC1. The lowest BCUT2D eigenvalue weighted by molar-refractivity contribution is 0.108. The van der Waals surface area contributed by atoms with E-state index in [1.165, 1.54) is 154 Å². The molecule has 0 spiro atoms. The van der Waals surface area contributed by atoms with E-state index in [4.69, 9.17) is 5.10 Å². The number of hydrazone groups is 1. The molecule has 0 aromatic heterocycles. The number of nitrogens with zero attached hydrogens (tertiary/aromatic N) is 2. The maximum absolute atomic E-state index is 5.70. The number of unbranched alkanes of at least 4 members (excludes halogenated alkanes) is 1. The van der Waals surface area contributed by atoms with Crippen LogP contribution in [-0.2, 0) is 0 Å². The molecule has 2 atom stereocenters. The van der Waals surface area contributed by atoms with Gasteiger partial charge in [0.05, 0.1) is 6.04 Å². The molecule has 192 valence electrons. The average molecular weight is 459 g/mol. The summed E-state index contributed by atoms with van der Waals surface area (Å²) in [5.74, 6) is 1.51. The van der Waals surface area contributed by atoms with Crippen molar-refractivity contribution < 1.29 is 0 Å². The van der Waals surface area contributed by atoms with E-state index >= 15 is 0 Å². The third kappa shape index (κ3) is 8.88. The fraction of sp³-hybridized carbons (Fsp3) is 0.968. The first-order valence-corrected chi connectivity index (χ1v) is 15.7. The minimum Gasteiger partial charge on any atom is -0.290 e. The Balaban J connectivity index is 1.80. The molecule has 3 aliphatic rings. The Morgan fingerprint density at radius 2 is 1.09 bits per heavy atom. The van der Waals surface area contributed by atoms with Crippen molar-refractivity contribution >= 4 is 5.71 Å². The van der Waals surface area contributed by atoms with E-state index in [2.05, 4.69) is 18.9 Å². The summed E-state index contributed by atoms with van der Waals surface area (Å²) in [7, 11) is 0. The molecule has 1 heterocycles. The first kappa shape index (κ1) is 27.1. The molecule has 0 bridgehead atoms. The highest BCUT2D eigenvalue weighted by molar-refractivity contribution is 5.90. The molecule has 0 aromatic carbocycles. The van der Waals surface area contributed by atoms with E-state index in [1.54, 1.807) is 5.71 Å². The van der Waals surface area contributed by atoms with Crippen molar-refractivity contribution in [2.45, 2.75) is 180 Å². The molecule has 0 aromatic rings. The highest BCUT2D eigenvalue weighted by atomic mass is 15.5. The lowest BCUT2D eigenvalue weighted by Gasteiger charge is -2.35. The second-order valence-electron chi connectivity index (χ2n) is 11.8. The first-order valence-electron chi connectivity index (χ1n) is 15.7. The summed E-state index contributed by atoms with van der Waals surface area (Å²) >= 11 is 0. The molecule has 0 saturated heterocycles. The van der Waals surface area contributed by atoms with Crippen LogP contribution in [0, 0.1) is 11.8 Å². The van der Waals surface area contributed by atoms with Crippen LogP contribution in [0.5, 0.6) is 0 Å². The normalized spacial score (nSPS) is 28.3. The van der Waals surface area contributed by atoms with Gasteiger partial charge in [-0.05, 0) is 44.4 Å². The molecular formula is C31H58N2. The third-order valence-corrected chi connectivity index (χ3v) is 9.09. The molecule has 3 rings (SSSR count). The monoisotopic (exact) mass is 458 g/mol. The minimum absolute atomic E-state index is 0.700. The number of hydrogen-bond acceptors (Lipinski definition) is 2. The van der Waals surface area contributed by atoms with Crippen molar-refractivity contribution in [1.29, 1.82) is 0 Å². The predicted molar refractivity (Wildman–Crippen MR) is 146 cm³/mol. The molecule has 2 nitrogen and oxygen atoms in total. The van der Waals surface area contributed by atoms with Crippen molar-refractivity contribution in [3.63, 3.8) is 0 Å². The second-order valence-corrected chi connectivity index (χ2v) is 11.8. The van der Waals surface area contributed by atoms with Crippen molar-refractivity contribution in [2.75, 3.05) is 0 Å². The largest absolute Gasteiger partial charge is 0.290 e. The van der Waals surface area contributed by atoms with Crippen LogP contribution in [-0.4, -0.2) is 22.8 Å². The van der Waals surface area contributed by atoms with E-state index in [0.717, 1.165) is 11.8 Å². The van der Waals surface area contributed by atoms with Gasteiger partial charge >= 0.3 is 0 Å². The van der Waals surface area contributed by atoms with Gasteiger partial charge in [-0.3, -0.25) is 5.01 Å². The molecule has 0 N–H and O–H groups in total. The lowest BCUT2D eigenvalue weighted by Crippen LogP contribution is -2.40. The van der Waals surface area contributed by atoms with Crippen LogP contribution in [0.3, 0.4) is 0 Å². The van der Waals surface area contributed by atoms with Crippen LogP contribution in [0.25, 0.3) is 0 Å². The van der Waals surface area contributed by atoms with E-state index in [0.29, 0.717) is 12.1 Å². The average Bonchev–Trinajstić information content (AvgIpc) is 3.15. The fourth-order valence-corrected chi connectivity index (χ4v) is 7.13. The van der Waals surface area contributed by atoms with Gasteiger partial charge in [0.15, 0.2) is 0 Å². The Labute approximate surface area is 207 Å². The van der Waals surface area contributed by atoms with Crippen molar-refractivity contribution in [2.24, 2.45) is 16.9 Å². The summed E-state index contributed by atoms with van der Waals surface area (Å²) in [5, 5.41) is 8.46. The van der Waals surface area contributed by atoms with Gasteiger partial charge < -0.3 is 0 Å². The molecule has 0 amide bonds. The standard InChI is InChI=1S/C31H58N2/c1-3-5-26-30-29(21-4-2)31(27-22-17-13-9-6-7-10-14-18-23-27)32-33(30)28-24-19-15-11-8-12-16-20-25-28/h27-30H,3-26H2,1-2H3. The molecule has 2 saturated carbocycles. The topological polar surface area (TPSA) is 15.6 Å². The van der Waals surface area contributed by atoms with Gasteiger partial charge in [-0.25, -0.2) is 0 Å². The molecule has 2 fully saturated rings. The zero-order valence-electron chi connectivity index (χ0n) is 22.7. The minimum atomic E-state index is 0.700. The van der Waals surface area contributed by atoms with Crippen LogP contribution in [0.2, 0.25) is 0 Å². The Hall–Kier alpha value is -0.530. The Morgan fingerprint density at radius 1 is 0.606 bits per heavy atom. The highest BCUT2D eigenvalue weighted by Gasteiger charge is 2.41. The molecular weight excluding hydrogens is 400 g/mol. The number of hydrogen-bond donors (Lipinski definition) is 0. The van der Waals surface area contributed by atoms with Crippen LogP contribution >= 0.6 is 0 Å². The maximum Gasteiger partial charge on any atom is 0.0555 e. The van der Waals surface area contributed by atoms with Crippen molar-refractivity contribution in [1.82, 2.24) is 5.01 Å². The van der Waals surface area contributed by atoms with Gasteiger partial charge in [0.2, 0.25) is 0 Å². The molecule has 2 heteroatoms. The highest BCUT2D eigenvalue weighted by Crippen LogP contribution is 2.39. The summed E-state index contributed by atoms with van der Waals surface area (Å²) in [6, 6.07) is 1.41. The quantitative estimate of drug-likeness (QED) is 0.370. The van der Waals surface area contributed by atoms with E-state index < -0.39 is 0 Å². The summed E-state index contributed by atoms with van der Waals surface area (Å²) in [6.07, 6.45) is 34.1. The third-order valence-electron chi connectivity index (χ3n) is 9.09. The van der Waals surface area contributed by atoms with E-state index in [-0.39, 0.29) is 0 Å². The smallest absolute Gasteiger partial charge is 0.0555 e. The van der Waals surface area contributed by atoms with Crippen LogP contribution in [0.4, 0.5) is 0 Å². The molecule has 33 heavy (non-hydrogen) atoms. The van der Waals surface area contributed by atoms with Crippen LogP contribution < -0.4 is 0 Å². The zero-order valence-corrected chi connectivity index (χ0v) is 22.7. The van der Waals surface area contributed by atoms with Crippen molar-refractivity contribution in [3.8, 4) is 0 Å². The lowest BCUT2D eigenvalue weighted by atomic mass is 9.79. The van der Waals surface area contributed by atoms with Gasteiger partial charge in [-0.2, -0.15) is 5.10 Å². The summed E-state index contributed by atoms with van der Waals surface area (Å²) in [5.41, 5.74) is 1.68. The maximum atomic E-state index is 5.70. The molecule has 2 aliphatic carbocycles. The van der Waals surface area contributed by atoms with Crippen molar-refractivity contribution in [3.05, 3.63) is 0 Å². The van der Waals surface area contributed by atoms with E-state index in [1.807, 2.05) is 0 Å². The number of rotatable bonds is 7. The summed E-state index contributed by atoms with van der Waals surface area (Å²) in [6.45, 7) is 4.79. The van der Waals surface area contributed by atoms with Gasteiger partial charge in [-0.1, -0.05) is 129 Å². The molecule has 1 aliphatic heterocycles. The summed E-state index contributed by atoms with van der Waals surface area (Å²) in [4.78, 5) is 0. The fourth-order valence-electron chi connectivity index (χ4n) is 7.13. The molecule has 2 unspecified atom stereocenters. The van der Waals surface area contributed by atoms with Gasteiger partial charge in [0, 0.05) is 17.7 Å². The van der Waals surface area contributed by atoms with Crippen LogP contribution in [0.15, 0.2) is 5.10 Å². The second kappa shape index (κ2) is 16.2. The van der Waals surface area contributed by atoms with Gasteiger partial charge in [0.1, 0.15) is 0 Å². The van der Waals surface area contributed by atoms with E-state index in [9.17, 15) is 0 Å². The van der Waals surface area contributed by atoms with Gasteiger partial charge in [0.25, 0.3) is 0 Å². The predicted octanol–water partition coefficient (Wildman–Crippen LogP) is 10.1. The summed E-state index contributed by atoms with van der Waals surface area (Å²) < 4.78 is 0. The Bertz CT molecular complexity index is 505. The molecule has 0 radical (unpaired) electrons. The Morgan fingerprint density at radius 3 is 1.58 bits per heavy atom. The Kier molecular flexibility index (Phi) is 13.3. The zero-order chi connectivity index (χ0) is 23.1. The van der Waals surface area contributed by atoms with Gasteiger partial charge in [-0.15, -0.1) is 0 Å².